The van der Waals surface area contributed by atoms with Gasteiger partial charge in [0.05, 0.1) is 20.3 Å². The molecule has 39 heavy (non-hydrogen) atoms. The summed E-state index contributed by atoms with van der Waals surface area (Å²) < 4.78 is 45.3. The van der Waals surface area contributed by atoms with Gasteiger partial charge in [0.15, 0.2) is 11.4 Å². The molecule has 1 fully saturated rings. The lowest BCUT2D eigenvalue weighted by atomic mass is 10.1. The Bertz CT molecular complexity index is 1400. The normalized spacial score (nSPS) is 16.9. The molecule has 11 heteroatoms. The maximum Gasteiger partial charge on any atom is 0.358 e. The van der Waals surface area contributed by atoms with Gasteiger partial charge in [-0.25, -0.2) is 13.6 Å². The smallest absolute Gasteiger partial charge is 0.358 e. The van der Waals surface area contributed by atoms with Crippen LogP contribution in [-0.4, -0.2) is 42.4 Å². The van der Waals surface area contributed by atoms with E-state index in [9.17, 15) is 23.2 Å². The second-order valence-corrected chi connectivity index (χ2v) is 9.10. The molecule has 1 aliphatic rings. The Kier molecular flexibility index (Phi) is 9.05. The summed E-state index contributed by atoms with van der Waals surface area (Å²) in [5.41, 5.74) is -0.594. The van der Waals surface area contributed by atoms with Crippen molar-refractivity contribution in [3.05, 3.63) is 99.0 Å². The number of amides is 1. The van der Waals surface area contributed by atoms with Gasteiger partial charge in [0.1, 0.15) is 30.0 Å². The molecule has 0 saturated carbocycles. The standard InChI is InChI=1S/C28H29F2N3O6/c1-17-10-11-38-23(32-17)15-33-14-21(27(35)31-13-19-8-9-20(29)12-22(19)30)25(34)26(24(33)28(36)37-2)39-16-18-6-4-3-5-7-18/h3-9,12,14,17,23,32H,10-11,13,15-16H2,1-2H3,(H,31,35)/t17-,23-/m1/s1. The molecule has 1 aromatic heterocycles. The van der Waals surface area contributed by atoms with Gasteiger partial charge in [-0.2, -0.15) is 0 Å². The molecule has 0 bridgehead atoms. The molecule has 2 N–H and O–H groups in total. The lowest BCUT2D eigenvalue weighted by molar-refractivity contribution is -0.0250. The van der Waals surface area contributed by atoms with Crippen LogP contribution < -0.4 is 20.8 Å². The quantitative estimate of drug-likeness (QED) is 0.401. The van der Waals surface area contributed by atoms with Gasteiger partial charge in [0.2, 0.25) is 5.43 Å². The van der Waals surface area contributed by atoms with Crippen LogP contribution in [0.15, 0.2) is 59.5 Å². The topological polar surface area (TPSA) is 108 Å². The number of aromatic nitrogens is 1. The van der Waals surface area contributed by atoms with Gasteiger partial charge < -0.3 is 24.1 Å². The summed E-state index contributed by atoms with van der Waals surface area (Å²) in [5.74, 6) is -3.62. The van der Waals surface area contributed by atoms with E-state index in [0.717, 1.165) is 18.1 Å². The molecule has 0 spiro atoms. The van der Waals surface area contributed by atoms with E-state index in [-0.39, 0.29) is 48.3 Å². The van der Waals surface area contributed by atoms with Gasteiger partial charge in [-0.1, -0.05) is 36.4 Å². The van der Waals surface area contributed by atoms with E-state index in [2.05, 4.69) is 10.6 Å². The third kappa shape index (κ3) is 6.87. The number of benzene rings is 2. The fraction of sp³-hybridized carbons (Fsp3) is 0.321. The van der Waals surface area contributed by atoms with E-state index in [1.54, 1.807) is 24.3 Å². The summed E-state index contributed by atoms with van der Waals surface area (Å²) in [6.45, 7) is 2.18. The summed E-state index contributed by atoms with van der Waals surface area (Å²) in [7, 11) is 1.17. The van der Waals surface area contributed by atoms with Crippen molar-refractivity contribution in [3.63, 3.8) is 0 Å². The Morgan fingerprint density at radius 1 is 1.18 bits per heavy atom. The largest absolute Gasteiger partial charge is 0.482 e. The third-order valence-corrected chi connectivity index (χ3v) is 6.24. The first-order chi connectivity index (χ1) is 18.8. The molecule has 206 valence electrons. The first-order valence-corrected chi connectivity index (χ1v) is 12.4. The predicted octanol–water partition coefficient (Wildman–Crippen LogP) is 3.15. The van der Waals surface area contributed by atoms with E-state index >= 15 is 0 Å². The van der Waals surface area contributed by atoms with Crippen LogP contribution in [0.3, 0.4) is 0 Å². The van der Waals surface area contributed by atoms with Crippen LogP contribution in [0.1, 0.15) is 45.3 Å². The Hall–Kier alpha value is -4.09. The number of carbonyl (C=O) groups excluding carboxylic acids is 2. The SMILES string of the molecule is COC(=O)c1c(OCc2ccccc2)c(=O)c(C(=O)NCc2ccc(F)cc2F)cn1C[C@@H]1N[C@H](C)CCO1. The highest BCUT2D eigenvalue weighted by molar-refractivity contribution is 5.96. The van der Waals surface area contributed by atoms with Crippen LogP contribution in [0.2, 0.25) is 0 Å². The summed E-state index contributed by atoms with van der Waals surface area (Å²) in [6, 6.07) is 12.1. The number of nitrogens with zero attached hydrogens (tertiary/aromatic N) is 1. The molecule has 2 atom stereocenters. The fourth-order valence-electron chi connectivity index (χ4n) is 4.17. The Morgan fingerprint density at radius 3 is 2.64 bits per heavy atom. The number of esters is 1. The summed E-state index contributed by atoms with van der Waals surface area (Å²) in [4.78, 5) is 39.6. The van der Waals surface area contributed by atoms with Crippen molar-refractivity contribution < 1.29 is 32.6 Å². The van der Waals surface area contributed by atoms with E-state index in [1.807, 2.05) is 13.0 Å². The monoisotopic (exact) mass is 541 g/mol. The number of pyridine rings is 1. The zero-order valence-electron chi connectivity index (χ0n) is 21.5. The van der Waals surface area contributed by atoms with Crippen molar-refractivity contribution in [2.24, 2.45) is 0 Å². The van der Waals surface area contributed by atoms with Gasteiger partial charge in [-0.3, -0.25) is 14.9 Å². The Balaban J connectivity index is 1.72. The van der Waals surface area contributed by atoms with Crippen LogP contribution in [0.5, 0.6) is 5.75 Å². The minimum atomic E-state index is -0.842. The first-order valence-electron chi connectivity index (χ1n) is 12.4. The summed E-state index contributed by atoms with van der Waals surface area (Å²) in [5, 5.41) is 5.74. The predicted molar refractivity (Wildman–Crippen MR) is 137 cm³/mol. The average molecular weight is 542 g/mol. The van der Waals surface area contributed by atoms with E-state index in [4.69, 9.17) is 14.2 Å². The zero-order valence-corrected chi connectivity index (χ0v) is 21.5. The van der Waals surface area contributed by atoms with Crippen LogP contribution in [0.25, 0.3) is 0 Å². The number of hydrogen-bond donors (Lipinski definition) is 2. The Labute approximate surface area is 223 Å². The number of carbonyl (C=O) groups is 2. The fourth-order valence-corrected chi connectivity index (χ4v) is 4.17. The van der Waals surface area contributed by atoms with Gasteiger partial charge in [0, 0.05) is 30.4 Å². The number of ether oxygens (including phenoxy) is 3. The van der Waals surface area contributed by atoms with Crippen molar-refractivity contribution >= 4 is 11.9 Å². The number of hydrogen-bond acceptors (Lipinski definition) is 7. The van der Waals surface area contributed by atoms with Crippen LogP contribution in [0, 0.1) is 11.6 Å². The van der Waals surface area contributed by atoms with E-state index in [0.29, 0.717) is 12.7 Å². The molecule has 0 aliphatic carbocycles. The minimum absolute atomic E-state index is 0.0330. The van der Waals surface area contributed by atoms with Crippen molar-refractivity contribution in [3.8, 4) is 5.75 Å². The highest BCUT2D eigenvalue weighted by Crippen LogP contribution is 2.20. The number of nitrogens with one attached hydrogen (secondary N) is 2. The highest BCUT2D eigenvalue weighted by Gasteiger charge is 2.29. The molecule has 1 saturated heterocycles. The number of rotatable bonds is 9. The highest BCUT2D eigenvalue weighted by atomic mass is 19.1. The number of methoxy groups -OCH3 is 1. The molecule has 4 rings (SSSR count). The molecule has 1 aliphatic heterocycles. The van der Waals surface area contributed by atoms with Crippen LogP contribution in [-0.2, 0) is 29.2 Å². The molecule has 1 amide bonds. The molecule has 0 radical (unpaired) electrons. The second-order valence-electron chi connectivity index (χ2n) is 9.10. The zero-order chi connectivity index (χ0) is 27.9. The summed E-state index contributed by atoms with van der Waals surface area (Å²) in [6.07, 6.45) is 1.50. The van der Waals surface area contributed by atoms with E-state index in [1.165, 1.54) is 23.9 Å². The molecule has 2 heterocycles. The average Bonchev–Trinajstić information content (AvgIpc) is 2.92. The maximum atomic E-state index is 14.1. The molecular formula is C28H29F2N3O6. The molecule has 3 aromatic rings. The number of halogens is 2. The lowest BCUT2D eigenvalue weighted by Crippen LogP contribution is -2.47. The molecule has 2 aromatic carbocycles. The molecule has 9 nitrogen and oxygen atoms in total. The van der Waals surface area contributed by atoms with E-state index < -0.39 is 35.2 Å². The van der Waals surface area contributed by atoms with Crippen molar-refractivity contribution in [2.45, 2.75) is 45.3 Å². The van der Waals surface area contributed by atoms with Crippen molar-refractivity contribution in [1.82, 2.24) is 15.2 Å². The van der Waals surface area contributed by atoms with Gasteiger partial charge in [0.25, 0.3) is 5.91 Å². The minimum Gasteiger partial charge on any atom is -0.482 e. The van der Waals surface area contributed by atoms with Gasteiger partial charge in [-0.05, 0) is 25.0 Å². The molecule has 0 unspecified atom stereocenters. The van der Waals surface area contributed by atoms with Crippen LogP contribution in [0.4, 0.5) is 8.78 Å². The van der Waals surface area contributed by atoms with Gasteiger partial charge in [-0.15, -0.1) is 0 Å². The maximum absolute atomic E-state index is 14.1. The second kappa shape index (κ2) is 12.6. The summed E-state index contributed by atoms with van der Waals surface area (Å²) >= 11 is 0. The third-order valence-electron chi connectivity index (χ3n) is 6.24. The lowest BCUT2D eigenvalue weighted by Gasteiger charge is -2.30. The van der Waals surface area contributed by atoms with Crippen molar-refractivity contribution in [1.29, 1.82) is 0 Å². The van der Waals surface area contributed by atoms with Gasteiger partial charge >= 0.3 is 5.97 Å². The molecular weight excluding hydrogens is 512 g/mol. The first kappa shape index (κ1) is 27.9. The van der Waals surface area contributed by atoms with Crippen molar-refractivity contribution in [2.75, 3.05) is 13.7 Å². The Morgan fingerprint density at radius 2 is 1.95 bits per heavy atom. The van der Waals surface area contributed by atoms with Crippen LogP contribution >= 0.6 is 0 Å².